The minimum atomic E-state index is -1.09. The number of anilines is 1. The van der Waals surface area contributed by atoms with Gasteiger partial charge in [0.2, 0.25) is 11.6 Å². The predicted octanol–water partition coefficient (Wildman–Crippen LogP) is 7.62. The number of hydrogen-bond acceptors (Lipinski definition) is 10. The predicted molar refractivity (Wildman–Crippen MR) is 183 cm³/mol. The number of pyridine rings is 1. The van der Waals surface area contributed by atoms with E-state index >= 15 is 8.78 Å². The highest BCUT2D eigenvalue weighted by molar-refractivity contribution is 5.99. The third kappa shape index (κ3) is 7.94. The van der Waals surface area contributed by atoms with Crippen LogP contribution in [-0.2, 0) is 16.1 Å². The molecule has 0 bridgehead atoms. The Labute approximate surface area is 289 Å². The Hall–Kier alpha value is -5.70. The smallest absolute Gasteiger partial charge is 0.308 e. The molecule has 10 nitrogen and oxygen atoms in total. The zero-order chi connectivity index (χ0) is 35.0. The number of amidine groups is 1. The Morgan fingerprint density at radius 3 is 2.42 bits per heavy atom. The van der Waals surface area contributed by atoms with Gasteiger partial charge in [-0.3, -0.25) is 9.79 Å². The number of carbonyl (C=O) groups excluding carboxylic acids is 1. The first-order valence-corrected chi connectivity index (χ1v) is 16.6. The second kappa shape index (κ2) is 15.7. The first kappa shape index (κ1) is 34.2. The van der Waals surface area contributed by atoms with Crippen molar-refractivity contribution in [2.75, 3.05) is 32.1 Å². The number of nitriles is 1. The summed E-state index contributed by atoms with van der Waals surface area (Å²) in [6.07, 6.45) is 1.98. The maximum absolute atomic E-state index is 16.3. The Morgan fingerprint density at radius 2 is 1.72 bits per heavy atom. The lowest BCUT2D eigenvalue weighted by Gasteiger charge is -2.29. The molecule has 50 heavy (non-hydrogen) atoms. The van der Waals surface area contributed by atoms with E-state index in [1.54, 1.807) is 37.3 Å². The van der Waals surface area contributed by atoms with Crippen molar-refractivity contribution in [2.24, 2.45) is 10.9 Å². The SMILES string of the molecule is CCOC(=O)C1CCC(Nc2c(F)c(Oc3cccc(C4=NCCN4C)c3)nc(Oc3cc(C#N)ccc3OCc3ccccc3)c2F)CC1. The number of benzene rings is 3. The van der Waals surface area contributed by atoms with E-state index in [1.807, 2.05) is 54.4 Å². The van der Waals surface area contributed by atoms with Gasteiger partial charge in [-0.05, 0) is 62.4 Å². The number of halogens is 2. The van der Waals surface area contributed by atoms with Crippen molar-refractivity contribution in [1.29, 1.82) is 5.26 Å². The number of rotatable bonds is 12. The molecule has 1 aliphatic heterocycles. The Morgan fingerprint density at radius 1 is 0.960 bits per heavy atom. The summed E-state index contributed by atoms with van der Waals surface area (Å²) >= 11 is 0. The molecule has 1 saturated carbocycles. The van der Waals surface area contributed by atoms with Crippen LogP contribution >= 0.6 is 0 Å². The molecule has 2 aliphatic rings. The molecule has 258 valence electrons. The summed E-state index contributed by atoms with van der Waals surface area (Å²) in [5.41, 5.74) is 1.40. The van der Waals surface area contributed by atoms with Gasteiger partial charge < -0.3 is 29.2 Å². The third-order valence-corrected chi connectivity index (χ3v) is 8.60. The molecule has 6 rings (SSSR count). The molecule has 0 radical (unpaired) electrons. The third-order valence-electron chi connectivity index (χ3n) is 8.60. The van der Waals surface area contributed by atoms with Crippen molar-refractivity contribution >= 4 is 17.5 Å². The van der Waals surface area contributed by atoms with Crippen LogP contribution in [0, 0.1) is 28.9 Å². The summed E-state index contributed by atoms with van der Waals surface area (Å²) in [6.45, 7) is 3.66. The lowest BCUT2D eigenvalue weighted by molar-refractivity contribution is -0.149. The van der Waals surface area contributed by atoms with E-state index in [2.05, 4.69) is 15.3 Å². The monoisotopic (exact) mass is 681 g/mol. The van der Waals surface area contributed by atoms with E-state index in [0.29, 0.717) is 38.8 Å². The first-order valence-electron chi connectivity index (χ1n) is 16.6. The van der Waals surface area contributed by atoms with Gasteiger partial charge in [-0.25, -0.2) is 0 Å². The molecule has 1 N–H and O–H groups in total. The number of nitrogens with zero attached hydrogens (tertiary/aromatic N) is 4. The number of aliphatic imine (C=N–C) groups is 1. The molecule has 2 heterocycles. The average molecular weight is 682 g/mol. The highest BCUT2D eigenvalue weighted by Crippen LogP contribution is 2.40. The summed E-state index contributed by atoms with van der Waals surface area (Å²) in [7, 11) is 1.93. The molecule has 0 saturated heterocycles. The van der Waals surface area contributed by atoms with E-state index in [1.165, 1.54) is 6.07 Å². The lowest BCUT2D eigenvalue weighted by atomic mass is 9.86. The minimum Gasteiger partial charge on any atom is -0.485 e. The maximum Gasteiger partial charge on any atom is 0.308 e. The Kier molecular flexibility index (Phi) is 10.7. The Bertz CT molecular complexity index is 1910. The number of aromatic nitrogens is 1. The van der Waals surface area contributed by atoms with Gasteiger partial charge in [-0.1, -0.05) is 42.5 Å². The molecule has 0 amide bonds. The number of carbonyl (C=O) groups is 1. The summed E-state index contributed by atoms with van der Waals surface area (Å²) in [5, 5.41) is 12.6. The van der Waals surface area contributed by atoms with Crippen molar-refractivity contribution in [2.45, 2.75) is 45.3 Å². The largest absolute Gasteiger partial charge is 0.485 e. The standard InChI is InChI=1S/C38H37F2N5O5/c1-3-47-38(46)26-13-15-28(16-14-26)43-34-32(39)36(49-29-11-7-10-27(21-29)35-42-18-19-45(35)2)44-37(33(34)40)50-31-20-25(22-41)12-17-30(31)48-23-24-8-5-4-6-9-24/h4-12,17,20-21,26,28H,3,13-16,18-19,23H2,1-2H3,(H,43,44). The molecule has 1 fully saturated rings. The lowest BCUT2D eigenvalue weighted by Crippen LogP contribution is -2.31. The van der Waals surface area contributed by atoms with Gasteiger partial charge >= 0.3 is 5.97 Å². The summed E-state index contributed by atoms with van der Waals surface area (Å²) < 4.78 is 55.7. The van der Waals surface area contributed by atoms with E-state index in [4.69, 9.17) is 18.9 Å². The summed E-state index contributed by atoms with van der Waals surface area (Å²) in [4.78, 5) is 23.0. The number of nitrogens with one attached hydrogen (secondary N) is 1. The van der Waals surface area contributed by atoms with Gasteiger partial charge in [0.25, 0.3) is 11.8 Å². The molecule has 0 unspecified atom stereocenters. The maximum atomic E-state index is 16.3. The molecular formula is C38H37F2N5O5. The summed E-state index contributed by atoms with van der Waals surface area (Å²) in [6, 6.07) is 22.6. The van der Waals surface area contributed by atoms with Crippen LogP contribution in [0.3, 0.4) is 0 Å². The van der Waals surface area contributed by atoms with E-state index < -0.39 is 29.1 Å². The number of likely N-dealkylation sites (N-methyl/N-ethyl adjacent to an activating group) is 1. The van der Waals surface area contributed by atoms with Crippen molar-refractivity contribution in [3.63, 3.8) is 0 Å². The van der Waals surface area contributed by atoms with Gasteiger partial charge in [0.1, 0.15) is 23.9 Å². The van der Waals surface area contributed by atoms with Crippen molar-refractivity contribution in [3.05, 3.63) is 101 Å². The van der Waals surface area contributed by atoms with E-state index in [-0.39, 0.29) is 47.3 Å². The molecule has 0 spiro atoms. The fraction of sp³-hybridized carbons (Fsp3) is 0.316. The van der Waals surface area contributed by atoms with Crippen molar-refractivity contribution < 1.29 is 32.5 Å². The van der Waals surface area contributed by atoms with Crippen molar-refractivity contribution in [3.8, 4) is 35.1 Å². The topological polar surface area (TPSA) is 118 Å². The molecule has 1 aliphatic carbocycles. The van der Waals surface area contributed by atoms with Crippen molar-refractivity contribution in [1.82, 2.24) is 9.88 Å². The highest BCUT2D eigenvalue weighted by Gasteiger charge is 2.31. The van der Waals surface area contributed by atoms with Crippen LogP contribution in [0.15, 0.2) is 77.8 Å². The molecule has 0 atom stereocenters. The Balaban J connectivity index is 1.33. The van der Waals surface area contributed by atoms with Gasteiger partial charge in [-0.15, -0.1) is 0 Å². The second-order valence-corrected chi connectivity index (χ2v) is 12.1. The fourth-order valence-electron chi connectivity index (χ4n) is 5.97. The zero-order valence-electron chi connectivity index (χ0n) is 27.8. The molecule has 1 aromatic heterocycles. The molecule has 12 heteroatoms. The van der Waals surface area contributed by atoms with Crippen LogP contribution in [0.5, 0.6) is 29.0 Å². The van der Waals surface area contributed by atoms with Gasteiger partial charge in [0.15, 0.2) is 11.5 Å². The number of ether oxygens (including phenoxy) is 4. The van der Waals surface area contributed by atoms with E-state index in [0.717, 1.165) is 23.5 Å². The van der Waals surface area contributed by atoms with E-state index in [9.17, 15) is 10.1 Å². The van der Waals surface area contributed by atoms with Crippen LogP contribution in [0.2, 0.25) is 0 Å². The highest BCUT2D eigenvalue weighted by atomic mass is 19.1. The fourth-order valence-corrected chi connectivity index (χ4v) is 5.97. The second-order valence-electron chi connectivity index (χ2n) is 12.1. The first-order chi connectivity index (χ1) is 24.3. The van der Waals surface area contributed by atoms with Crippen LogP contribution in [0.4, 0.5) is 14.5 Å². The number of esters is 1. The minimum absolute atomic E-state index is 0.00844. The molecule has 4 aromatic rings. The summed E-state index contributed by atoms with van der Waals surface area (Å²) in [5.74, 6) is -2.51. The van der Waals surface area contributed by atoms with Gasteiger partial charge in [0, 0.05) is 31.3 Å². The quantitative estimate of drug-likeness (QED) is 0.151. The van der Waals surface area contributed by atoms with Gasteiger partial charge in [0.05, 0.1) is 30.7 Å². The van der Waals surface area contributed by atoms with Crippen LogP contribution in [0.25, 0.3) is 0 Å². The van der Waals surface area contributed by atoms with Gasteiger partial charge in [-0.2, -0.15) is 19.0 Å². The zero-order valence-corrected chi connectivity index (χ0v) is 27.8. The van der Waals surface area contributed by atoms with Crippen LogP contribution in [-0.4, -0.2) is 54.5 Å². The number of hydrogen-bond donors (Lipinski definition) is 1. The van der Waals surface area contributed by atoms with Crippen LogP contribution in [0.1, 0.15) is 49.3 Å². The van der Waals surface area contributed by atoms with Crippen LogP contribution < -0.4 is 19.5 Å². The normalized spacial score (nSPS) is 17.0. The average Bonchev–Trinajstić information content (AvgIpc) is 3.58. The molecular weight excluding hydrogens is 644 g/mol. The molecule has 3 aromatic carbocycles.